The van der Waals surface area contributed by atoms with Crippen LogP contribution in [0.3, 0.4) is 0 Å². The molecule has 0 N–H and O–H groups in total. The molecule has 4 rings (SSSR count). The maximum Gasteiger partial charge on any atom is 0.167 e. The van der Waals surface area contributed by atoms with Crippen molar-refractivity contribution in [3.63, 3.8) is 0 Å². The molecule has 3 aromatic rings. The Morgan fingerprint density at radius 3 is 2.48 bits per heavy atom. The second-order valence-corrected chi connectivity index (χ2v) is 7.20. The summed E-state index contributed by atoms with van der Waals surface area (Å²) in [5, 5.41) is 0. The first-order chi connectivity index (χ1) is 12.3. The summed E-state index contributed by atoms with van der Waals surface area (Å²) in [6, 6.07) is 15.3. The molecule has 0 atom stereocenters. The van der Waals surface area contributed by atoms with Crippen LogP contribution < -0.4 is 0 Å². The molecule has 0 radical (unpaired) electrons. The lowest BCUT2D eigenvalue weighted by Gasteiger charge is -2.22. The number of benzene rings is 1. The summed E-state index contributed by atoms with van der Waals surface area (Å²) in [4.78, 5) is 11.8. The predicted octanol–water partition coefficient (Wildman–Crippen LogP) is 6.03. The fraction of sp³-hybridized carbons (Fsp3) is 0.348. The van der Waals surface area contributed by atoms with Crippen LogP contribution in [0, 0.1) is 0 Å². The summed E-state index contributed by atoms with van der Waals surface area (Å²) in [7, 11) is 0. The zero-order valence-electron chi connectivity index (χ0n) is 14.9. The normalized spacial score (nSPS) is 15.6. The molecule has 2 aromatic heterocycles. The minimum absolute atomic E-state index is 0.716. The van der Waals surface area contributed by atoms with Crippen molar-refractivity contribution in [2.24, 2.45) is 0 Å². The van der Waals surface area contributed by atoms with Gasteiger partial charge in [0.15, 0.2) is 6.29 Å². The number of nitrogens with zero attached hydrogens (tertiary/aromatic N) is 1. The van der Waals surface area contributed by atoms with Gasteiger partial charge in [-0.2, -0.15) is 0 Å². The van der Waals surface area contributed by atoms with Gasteiger partial charge in [0, 0.05) is 17.3 Å². The van der Waals surface area contributed by atoms with E-state index >= 15 is 0 Å². The molecule has 1 saturated carbocycles. The third kappa shape index (κ3) is 3.02. The monoisotopic (exact) mass is 331 g/mol. The van der Waals surface area contributed by atoms with Gasteiger partial charge in [-0.1, -0.05) is 56.5 Å². The summed E-state index contributed by atoms with van der Waals surface area (Å²) in [5.74, 6) is 0.716. The van der Waals surface area contributed by atoms with Crippen molar-refractivity contribution >= 4 is 11.8 Å². The molecule has 0 amide bonds. The van der Waals surface area contributed by atoms with Crippen LogP contribution in [0.4, 0.5) is 0 Å². The minimum Gasteiger partial charge on any atom is -0.313 e. The standard InChI is InChI=1S/C23H25NO/c1-2-17-8-13-21-14-22(23(16-25)24(21)15-17)20-11-9-19(10-12-20)18-6-4-3-5-7-18/h8-16,18H,2-7H2,1H3. The molecule has 2 heteroatoms. The van der Waals surface area contributed by atoms with Gasteiger partial charge in [0.2, 0.25) is 0 Å². The van der Waals surface area contributed by atoms with Gasteiger partial charge in [0.1, 0.15) is 0 Å². The number of aromatic nitrogens is 1. The number of hydrogen-bond donors (Lipinski definition) is 0. The Balaban J connectivity index is 1.72. The molecule has 1 aliphatic carbocycles. The number of carbonyl (C=O) groups excluding carboxylic acids is 1. The Morgan fingerprint density at radius 2 is 1.80 bits per heavy atom. The average molecular weight is 331 g/mol. The van der Waals surface area contributed by atoms with Crippen molar-refractivity contribution in [1.82, 2.24) is 4.40 Å². The third-order valence-corrected chi connectivity index (χ3v) is 5.69. The maximum absolute atomic E-state index is 11.8. The minimum atomic E-state index is 0.716. The third-order valence-electron chi connectivity index (χ3n) is 5.69. The number of aryl methyl sites for hydroxylation is 1. The summed E-state index contributed by atoms with van der Waals surface area (Å²) in [5.41, 5.74) is 6.67. The number of aldehydes is 1. The first-order valence-electron chi connectivity index (χ1n) is 9.49. The first kappa shape index (κ1) is 16.1. The highest BCUT2D eigenvalue weighted by atomic mass is 16.1. The van der Waals surface area contributed by atoms with Crippen LogP contribution in [-0.4, -0.2) is 10.7 Å². The highest BCUT2D eigenvalue weighted by Crippen LogP contribution is 2.34. The molecule has 1 aromatic carbocycles. The highest BCUT2D eigenvalue weighted by Gasteiger charge is 2.16. The van der Waals surface area contributed by atoms with E-state index in [9.17, 15) is 4.79 Å². The van der Waals surface area contributed by atoms with E-state index in [4.69, 9.17) is 0 Å². The fourth-order valence-electron chi connectivity index (χ4n) is 4.17. The zero-order chi connectivity index (χ0) is 17.2. The summed E-state index contributed by atoms with van der Waals surface area (Å²) < 4.78 is 2.02. The Kier molecular flexibility index (Phi) is 4.44. The molecule has 0 aliphatic heterocycles. The topological polar surface area (TPSA) is 21.5 Å². The van der Waals surface area contributed by atoms with Crippen LogP contribution in [0.5, 0.6) is 0 Å². The first-order valence-corrected chi connectivity index (χ1v) is 9.49. The second kappa shape index (κ2) is 6.87. The van der Waals surface area contributed by atoms with Gasteiger partial charge < -0.3 is 4.40 Å². The van der Waals surface area contributed by atoms with Crippen LogP contribution in [0.25, 0.3) is 16.6 Å². The highest BCUT2D eigenvalue weighted by molar-refractivity contribution is 5.89. The smallest absolute Gasteiger partial charge is 0.167 e. The molecule has 0 bridgehead atoms. The summed E-state index contributed by atoms with van der Waals surface area (Å²) >= 11 is 0. The number of fused-ring (bicyclic) bond motifs is 1. The number of pyridine rings is 1. The van der Waals surface area contributed by atoms with E-state index in [0.717, 1.165) is 35.0 Å². The molecule has 2 heterocycles. The fourth-order valence-corrected chi connectivity index (χ4v) is 4.17. The van der Waals surface area contributed by atoms with E-state index in [1.54, 1.807) is 0 Å². The SMILES string of the molecule is CCc1ccc2cc(-c3ccc(C4CCCCC4)cc3)c(C=O)n2c1. The predicted molar refractivity (Wildman–Crippen MR) is 103 cm³/mol. The Morgan fingerprint density at radius 1 is 1.04 bits per heavy atom. The number of hydrogen-bond acceptors (Lipinski definition) is 1. The van der Waals surface area contributed by atoms with Gasteiger partial charge in [0.05, 0.1) is 5.69 Å². The molecule has 1 fully saturated rings. The molecule has 1 aliphatic rings. The number of rotatable bonds is 4. The molecular formula is C23H25NO. The summed E-state index contributed by atoms with van der Waals surface area (Å²) in [6.07, 6.45) is 10.8. The van der Waals surface area contributed by atoms with Crippen molar-refractivity contribution in [2.45, 2.75) is 51.4 Å². The van der Waals surface area contributed by atoms with Crippen LogP contribution in [0.2, 0.25) is 0 Å². The van der Waals surface area contributed by atoms with E-state index in [1.807, 2.05) is 4.40 Å². The lowest BCUT2D eigenvalue weighted by atomic mass is 9.84. The van der Waals surface area contributed by atoms with Crippen molar-refractivity contribution in [2.75, 3.05) is 0 Å². The van der Waals surface area contributed by atoms with Crippen LogP contribution >= 0.6 is 0 Å². The molecule has 128 valence electrons. The van der Waals surface area contributed by atoms with Gasteiger partial charge in [-0.05, 0) is 54.0 Å². The maximum atomic E-state index is 11.8. The number of carbonyl (C=O) groups is 1. The van der Waals surface area contributed by atoms with Gasteiger partial charge >= 0.3 is 0 Å². The molecule has 2 nitrogen and oxygen atoms in total. The van der Waals surface area contributed by atoms with E-state index in [1.165, 1.54) is 43.2 Å². The van der Waals surface area contributed by atoms with E-state index in [0.29, 0.717) is 5.92 Å². The van der Waals surface area contributed by atoms with Crippen molar-refractivity contribution in [1.29, 1.82) is 0 Å². The lowest BCUT2D eigenvalue weighted by Crippen LogP contribution is -2.04. The van der Waals surface area contributed by atoms with Crippen LogP contribution in [-0.2, 0) is 6.42 Å². The van der Waals surface area contributed by atoms with Crippen molar-refractivity contribution < 1.29 is 4.79 Å². The largest absolute Gasteiger partial charge is 0.313 e. The summed E-state index contributed by atoms with van der Waals surface area (Å²) in [6.45, 7) is 2.14. The van der Waals surface area contributed by atoms with Gasteiger partial charge in [-0.3, -0.25) is 4.79 Å². The molecule has 25 heavy (non-hydrogen) atoms. The Hall–Kier alpha value is -2.35. The molecule has 0 unspecified atom stereocenters. The van der Waals surface area contributed by atoms with E-state index in [-0.39, 0.29) is 0 Å². The van der Waals surface area contributed by atoms with Gasteiger partial charge in [-0.15, -0.1) is 0 Å². The van der Waals surface area contributed by atoms with Crippen molar-refractivity contribution in [3.05, 3.63) is 65.5 Å². The molecular weight excluding hydrogens is 306 g/mol. The molecule has 0 saturated heterocycles. The van der Waals surface area contributed by atoms with Crippen LogP contribution in [0.1, 0.15) is 66.6 Å². The Labute approximate surface area is 149 Å². The quantitative estimate of drug-likeness (QED) is 0.535. The zero-order valence-corrected chi connectivity index (χ0v) is 14.9. The van der Waals surface area contributed by atoms with Crippen molar-refractivity contribution in [3.8, 4) is 11.1 Å². The van der Waals surface area contributed by atoms with Gasteiger partial charge in [0.25, 0.3) is 0 Å². The second-order valence-electron chi connectivity index (χ2n) is 7.20. The van der Waals surface area contributed by atoms with Crippen LogP contribution in [0.15, 0.2) is 48.7 Å². The van der Waals surface area contributed by atoms with E-state index in [2.05, 4.69) is 55.6 Å². The molecule has 0 spiro atoms. The van der Waals surface area contributed by atoms with E-state index < -0.39 is 0 Å². The average Bonchev–Trinajstić information content (AvgIpc) is 3.06. The Bertz CT molecular complexity index is 882. The lowest BCUT2D eigenvalue weighted by molar-refractivity contribution is 0.111. The van der Waals surface area contributed by atoms with Gasteiger partial charge in [-0.25, -0.2) is 0 Å².